The number of nitrogens with zero attached hydrogens (tertiary/aromatic N) is 5. The molecule has 6 amide bonds. The Bertz CT molecular complexity index is 2090. The van der Waals surface area contributed by atoms with E-state index < -0.39 is 29.7 Å². The predicted molar refractivity (Wildman–Crippen MR) is 217 cm³/mol. The molecule has 4 fully saturated rings. The molecule has 0 saturated carbocycles. The van der Waals surface area contributed by atoms with Gasteiger partial charge in [-0.3, -0.25) is 44.1 Å². The van der Waals surface area contributed by atoms with Crippen molar-refractivity contribution in [1.29, 1.82) is 0 Å². The number of H-pyrrole nitrogens is 1. The van der Waals surface area contributed by atoms with Gasteiger partial charge in [-0.2, -0.15) is 5.10 Å². The fourth-order valence-corrected chi connectivity index (χ4v) is 9.64. The number of hydrogen-bond donors (Lipinski definition) is 4. The van der Waals surface area contributed by atoms with Crippen molar-refractivity contribution < 1.29 is 28.8 Å². The van der Waals surface area contributed by atoms with Crippen molar-refractivity contribution in [2.75, 3.05) is 62.6 Å². The van der Waals surface area contributed by atoms with E-state index in [-0.39, 0.29) is 57.7 Å². The summed E-state index contributed by atoms with van der Waals surface area (Å²) in [5.74, 6) is -1.61. The third kappa shape index (κ3) is 8.49. The largest absolute Gasteiger partial charge is 0.371 e. The third-order valence-corrected chi connectivity index (χ3v) is 13.0. The average molecular weight is 833 g/mol. The molecule has 0 aliphatic carbocycles. The summed E-state index contributed by atoms with van der Waals surface area (Å²) in [6.07, 6.45) is 7.89. The molecule has 0 radical (unpaired) electrons. The number of halogens is 2. The number of fused-ring (bicyclic) bond motifs is 1. The van der Waals surface area contributed by atoms with E-state index in [1.165, 1.54) is 19.0 Å². The number of rotatable bonds is 11. The smallest absolute Gasteiger partial charge is 0.271 e. The van der Waals surface area contributed by atoms with Crippen LogP contribution in [0.5, 0.6) is 0 Å². The van der Waals surface area contributed by atoms with Crippen LogP contribution >= 0.6 is 23.2 Å². The summed E-state index contributed by atoms with van der Waals surface area (Å²) in [5.41, 5.74) is 2.09. The molecule has 17 heteroatoms. The van der Waals surface area contributed by atoms with Gasteiger partial charge in [-0.15, -0.1) is 0 Å². The zero-order chi connectivity index (χ0) is 40.5. The van der Waals surface area contributed by atoms with E-state index in [1.54, 1.807) is 30.3 Å². The fourth-order valence-electron chi connectivity index (χ4n) is 9.07. The number of carbonyl (C=O) groups is 6. The number of likely N-dealkylation sites (tertiary alicyclic amines) is 2. The molecule has 4 saturated heterocycles. The standard InChI is InChI=1S/C41H47Cl2N9O6/c42-30-2-1-3-31(43)35(30)38(55)46-32-21-44-48-36(32)39(56)45-26-12-17-49(18-13-26)14-8-24-9-15-50(16-10-24)22-25-11-19-51(23-25)27-4-5-28-29(20-27)41(58)52(40(28)57)33-6-7-34(53)47-37(33)54/h1-5,20-21,24-26,33H,6-19,22-23H2,(H,44,48)(H,45,56)(H,46,55)(H,47,53,54). The highest BCUT2D eigenvalue weighted by Crippen LogP contribution is 2.33. The predicted octanol–water partition coefficient (Wildman–Crippen LogP) is 4.19. The Labute approximate surface area is 346 Å². The highest BCUT2D eigenvalue weighted by atomic mass is 35.5. The van der Waals surface area contributed by atoms with Gasteiger partial charge in [-0.05, 0) is 107 Å². The van der Waals surface area contributed by atoms with Gasteiger partial charge in [0.1, 0.15) is 11.7 Å². The number of aromatic nitrogens is 2. The minimum Gasteiger partial charge on any atom is -0.371 e. The summed E-state index contributed by atoms with van der Waals surface area (Å²) in [6, 6.07) is 9.23. The lowest BCUT2D eigenvalue weighted by molar-refractivity contribution is -0.136. The first-order valence-corrected chi connectivity index (χ1v) is 20.9. The molecule has 15 nitrogen and oxygen atoms in total. The number of anilines is 2. The maximum atomic E-state index is 13.3. The average Bonchev–Trinajstić information content (AvgIpc) is 3.94. The maximum absolute atomic E-state index is 13.3. The topological polar surface area (TPSA) is 180 Å². The molecule has 3 aromatic rings. The lowest BCUT2D eigenvalue weighted by atomic mass is 9.92. The van der Waals surface area contributed by atoms with Crippen LogP contribution in [0.1, 0.15) is 92.9 Å². The zero-order valence-corrected chi connectivity index (χ0v) is 33.6. The number of carbonyl (C=O) groups excluding carboxylic acids is 6. The first-order valence-electron chi connectivity index (χ1n) is 20.2. The maximum Gasteiger partial charge on any atom is 0.271 e. The van der Waals surface area contributed by atoms with E-state index in [9.17, 15) is 28.8 Å². The normalized spacial score (nSPS) is 22.4. The molecule has 8 rings (SSSR count). The molecule has 1 aromatic heterocycles. The number of benzene rings is 2. The van der Waals surface area contributed by atoms with Crippen LogP contribution < -0.4 is 20.9 Å². The summed E-state index contributed by atoms with van der Waals surface area (Å²) in [7, 11) is 0. The molecule has 6 heterocycles. The van der Waals surface area contributed by atoms with Gasteiger partial charge in [0.05, 0.1) is 38.6 Å². The molecule has 58 heavy (non-hydrogen) atoms. The molecule has 4 N–H and O–H groups in total. The van der Waals surface area contributed by atoms with E-state index in [0.717, 1.165) is 88.6 Å². The van der Waals surface area contributed by atoms with Crippen molar-refractivity contribution >= 4 is 70.0 Å². The highest BCUT2D eigenvalue weighted by Gasteiger charge is 2.45. The van der Waals surface area contributed by atoms with E-state index in [2.05, 4.69) is 40.8 Å². The Hall–Kier alpha value is -4.83. The molecule has 5 aliphatic heterocycles. The van der Waals surface area contributed by atoms with Crippen LogP contribution in [0.2, 0.25) is 10.0 Å². The van der Waals surface area contributed by atoms with Crippen LogP contribution in [0, 0.1) is 11.8 Å². The Kier molecular flexibility index (Phi) is 11.8. The Morgan fingerprint density at radius 3 is 2.26 bits per heavy atom. The molecule has 2 atom stereocenters. The van der Waals surface area contributed by atoms with Crippen molar-refractivity contribution in [3.8, 4) is 0 Å². The molecule has 2 unspecified atom stereocenters. The zero-order valence-electron chi connectivity index (χ0n) is 32.1. The number of nitrogens with one attached hydrogen (secondary N) is 4. The van der Waals surface area contributed by atoms with Gasteiger partial charge in [-0.25, -0.2) is 0 Å². The second-order valence-corrected chi connectivity index (χ2v) is 16.9. The highest BCUT2D eigenvalue weighted by molar-refractivity contribution is 6.40. The number of piperidine rings is 3. The second kappa shape index (κ2) is 17.2. The molecule has 5 aliphatic rings. The van der Waals surface area contributed by atoms with E-state index in [0.29, 0.717) is 23.0 Å². The summed E-state index contributed by atoms with van der Waals surface area (Å²) in [4.78, 5) is 84.9. The summed E-state index contributed by atoms with van der Waals surface area (Å²) >= 11 is 12.4. The molecule has 306 valence electrons. The van der Waals surface area contributed by atoms with E-state index >= 15 is 0 Å². The van der Waals surface area contributed by atoms with Gasteiger partial charge in [0.2, 0.25) is 11.8 Å². The van der Waals surface area contributed by atoms with E-state index in [4.69, 9.17) is 23.2 Å². The SMILES string of the molecule is O=C1CCC(N2C(=O)c3ccc(N4CCC(CN5CCC(CCN6CCC(NC(=O)c7[nH]ncc7NC(=O)c7c(Cl)cccc7Cl)CC6)CC5)C4)cc3C2=O)C(=O)N1. The molecule has 0 spiro atoms. The number of aromatic amines is 1. The number of imide groups is 2. The van der Waals surface area contributed by atoms with Gasteiger partial charge < -0.3 is 25.3 Å². The van der Waals surface area contributed by atoms with Crippen molar-refractivity contribution in [2.45, 2.75) is 63.5 Å². The summed E-state index contributed by atoms with van der Waals surface area (Å²) < 4.78 is 0. The van der Waals surface area contributed by atoms with Crippen molar-refractivity contribution in [1.82, 2.24) is 35.5 Å². The van der Waals surface area contributed by atoms with Crippen LogP contribution in [0.4, 0.5) is 11.4 Å². The first kappa shape index (κ1) is 40.0. The van der Waals surface area contributed by atoms with Gasteiger partial charge >= 0.3 is 0 Å². The van der Waals surface area contributed by atoms with Crippen molar-refractivity contribution in [3.63, 3.8) is 0 Å². The monoisotopic (exact) mass is 831 g/mol. The van der Waals surface area contributed by atoms with Crippen LogP contribution in [0.3, 0.4) is 0 Å². The van der Waals surface area contributed by atoms with Crippen LogP contribution in [-0.2, 0) is 9.59 Å². The third-order valence-electron chi connectivity index (χ3n) is 12.4. The minimum absolute atomic E-state index is 0.0214. The van der Waals surface area contributed by atoms with Crippen molar-refractivity contribution in [2.24, 2.45) is 11.8 Å². The quantitative estimate of drug-likeness (QED) is 0.205. The lowest BCUT2D eigenvalue weighted by Crippen LogP contribution is -2.54. The fraction of sp³-hybridized carbons (Fsp3) is 0.488. The second-order valence-electron chi connectivity index (χ2n) is 16.1. The van der Waals surface area contributed by atoms with Gasteiger partial charge in [-0.1, -0.05) is 29.3 Å². The molecule has 0 bridgehead atoms. The van der Waals surface area contributed by atoms with Gasteiger partial charge in [0.15, 0.2) is 0 Å². The van der Waals surface area contributed by atoms with E-state index in [1.807, 2.05) is 6.07 Å². The number of hydrogen-bond acceptors (Lipinski definition) is 10. The van der Waals surface area contributed by atoms with Crippen LogP contribution in [0.25, 0.3) is 0 Å². The molecular formula is C41H47Cl2N9O6. The Morgan fingerprint density at radius 1 is 0.810 bits per heavy atom. The van der Waals surface area contributed by atoms with Gasteiger partial charge in [0.25, 0.3) is 23.6 Å². The lowest BCUT2D eigenvalue weighted by Gasteiger charge is -2.36. The molecule has 2 aromatic carbocycles. The Morgan fingerprint density at radius 2 is 1.52 bits per heavy atom. The Balaban J connectivity index is 0.734. The van der Waals surface area contributed by atoms with Crippen molar-refractivity contribution in [3.05, 3.63) is 75.0 Å². The summed E-state index contributed by atoms with van der Waals surface area (Å²) in [5, 5.41) is 15.1. The minimum atomic E-state index is -0.968. The van der Waals surface area contributed by atoms with Gasteiger partial charge in [0, 0.05) is 50.9 Å². The van der Waals surface area contributed by atoms with Crippen LogP contribution in [0.15, 0.2) is 42.6 Å². The first-order chi connectivity index (χ1) is 28.0. The van der Waals surface area contributed by atoms with Crippen LogP contribution in [-0.4, -0.2) is 125 Å². The number of amides is 6. The summed E-state index contributed by atoms with van der Waals surface area (Å²) in [6.45, 7) is 7.83. The molecular weight excluding hydrogens is 785 g/mol.